The van der Waals surface area contributed by atoms with Crippen LogP contribution in [0.15, 0.2) is 78.9 Å². The Bertz CT molecular complexity index is 1010. The molecule has 5 nitrogen and oxygen atoms in total. The first-order valence-electron chi connectivity index (χ1n) is 11.3. The molecule has 5 heteroatoms. The van der Waals surface area contributed by atoms with Crippen LogP contribution in [0.25, 0.3) is 0 Å². The minimum absolute atomic E-state index is 0.0521. The molecule has 0 aromatic heterocycles. The van der Waals surface area contributed by atoms with Gasteiger partial charge >= 0.3 is 0 Å². The number of amides is 1. The molecule has 32 heavy (non-hydrogen) atoms. The van der Waals surface area contributed by atoms with E-state index in [0.717, 1.165) is 25.3 Å². The van der Waals surface area contributed by atoms with Crippen LogP contribution < -0.4 is 9.47 Å². The Balaban J connectivity index is 1.31. The van der Waals surface area contributed by atoms with Crippen molar-refractivity contribution in [1.82, 2.24) is 9.80 Å². The molecule has 0 aliphatic carbocycles. The highest BCUT2D eigenvalue weighted by Crippen LogP contribution is 2.32. The molecule has 3 aromatic rings. The van der Waals surface area contributed by atoms with Crippen LogP contribution >= 0.6 is 0 Å². The Hall–Kier alpha value is -3.31. The van der Waals surface area contributed by atoms with E-state index in [1.54, 1.807) is 0 Å². The van der Waals surface area contributed by atoms with Gasteiger partial charge in [0.05, 0.1) is 19.3 Å². The zero-order valence-corrected chi connectivity index (χ0v) is 18.2. The summed E-state index contributed by atoms with van der Waals surface area (Å²) in [5, 5.41) is 0. The lowest BCUT2D eigenvalue weighted by atomic mass is 9.96. The van der Waals surface area contributed by atoms with Crippen molar-refractivity contribution in [1.29, 1.82) is 0 Å². The Morgan fingerprint density at radius 3 is 1.94 bits per heavy atom. The van der Waals surface area contributed by atoms with Gasteiger partial charge in [-0.05, 0) is 29.3 Å². The molecule has 1 fully saturated rings. The van der Waals surface area contributed by atoms with Crippen LogP contribution in [-0.2, 0) is 0 Å². The maximum atomic E-state index is 13.2. The number of carbonyl (C=O) groups is 1. The molecule has 0 unspecified atom stereocenters. The molecule has 5 rings (SSSR count). The second-order valence-corrected chi connectivity index (χ2v) is 8.26. The maximum absolute atomic E-state index is 13.2. The summed E-state index contributed by atoms with van der Waals surface area (Å²) in [6.45, 7) is 4.30. The summed E-state index contributed by atoms with van der Waals surface area (Å²) in [7, 11) is 0. The number of rotatable bonds is 4. The first-order chi connectivity index (χ1) is 15.8. The minimum Gasteiger partial charge on any atom is -0.490 e. The number of hydrogen-bond donors (Lipinski definition) is 0. The van der Waals surface area contributed by atoms with Crippen molar-refractivity contribution in [3.8, 4) is 11.5 Å². The van der Waals surface area contributed by atoms with Crippen molar-refractivity contribution in [2.24, 2.45) is 0 Å². The Morgan fingerprint density at radius 2 is 1.31 bits per heavy atom. The fourth-order valence-corrected chi connectivity index (χ4v) is 4.55. The van der Waals surface area contributed by atoms with E-state index in [-0.39, 0.29) is 11.9 Å². The SMILES string of the molecule is O=C(c1ccc2c(c1)OCCCO2)N1CCN(C(c2ccccc2)c2ccccc2)CC1. The Morgan fingerprint density at radius 1 is 0.719 bits per heavy atom. The number of fused-ring (bicyclic) bond motifs is 1. The highest BCUT2D eigenvalue weighted by molar-refractivity contribution is 5.95. The van der Waals surface area contributed by atoms with Gasteiger partial charge in [-0.15, -0.1) is 0 Å². The van der Waals surface area contributed by atoms with Crippen LogP contribution in [0.4, 0.5) is 0 Å². The number of carbonyl (C=O) groups excluding carboxylic acids is 1. The van der Waals surface area contributed by atoms with E-state index < -0.39 is 0 Å². The van der Waals surface area contributed by atoms with E-state index in [4.69, 9.17) is 9.47 Å². The van der Waals surface area contributed by atoms with E-state index >= 15 is 0 Å². The molecule has 0 N–H and O–H groups in total. The quantitative estimate of drug-likeness (QED) is 0.618. The van der Waals surface area contributed by atoms with Gasteiger partial charge in [-0.25, -0.2) is 0 Å². The summed E-state index contributed by atoms with van der Waals surface area (Å²) in [6, 6.07) is 26.9. The molecule has 2 heterocycles. The molecule has 2 aliphatic heterocycles. The summed E-state index contributed by atoms with van der Waals surface area (Å²) in [5.74, 6) is 1.44. The van der Waals surface area contributed by atoms with Gasteiger partial charge in [0.1, 0.15) is 0 Å². The number of benzene rings is 3. The van der Waals surface area contributed by atoms with Gasteiger partial charge in [-0.3, -0.25) is 9.69 Å². The highest BCUT2D eigenvalue weighted by atomic mass is 16.5. The molecule has 164 valence electrons. The summed E-state index contributed by atoms with van der Waals surface area (Å²) in [4.78, 5) is 17.6. The second-order valence-electron chi connectivity index (χ2n) is 8.26. The Kier molecular flexibility index (Phi) is 6.08. The third-order valence-corrected chi connectivity index (χ3v) is 6.19. The number of hydrogen-bond acceptors (Lipinski definition) is 4. The zero-order valence-electron chi connectivity index (χ0n) is 18.2. The molecule has 3 aromatic carbocycles. The van der Waals surface area contributed by atoms with Gasteiger partial charge in [0, 0.05) is 38.2 Å². The lowest BCUT2D eigenvalue weighted by Crippen LogP contribution is -2.49. The van der Waals surface area contributed by atoms with E-state index in [0.29, 0.717) is 37.6 Å². The first-order valence-corrected chi connectivity index (χ1v) is 11.3. The lowest BCUT2D eigenvalue weighted by Gasteiger charge is -2.39. The highest BCUT2D eigenvalue weighted by Gasteiger charge is 2.29. The molecular weight excluding hydrogens is 400 g/mol. The molecule has 0 atom stereocenters. The van der Waals surface area contributed by atoms with Crippen LogP contribution in [0.5, 0.6) is 11.5 Å². The van der Waals surface area contributed by atoms with Gasteiger partial charge in [-0.1, -0.05) is 60.7 Å². The molecule has 0 saturated carbocycles. The Labute approximate surface area is 189 Å². The minimum atomic E-state index is 0.0521. The van der Waals surface area contributed by atoms with E-state index in [2.05, 4.69) is 65.6 Å². The number of nitrogens with zero attached hydrogens (tertiary/aromatic N) is 2. The normalized spacial score (nSPS) is 16.6. The molecule has 1 amide bonds. The van der Waals surface area contributed by atoms with Gasteiger partial charge in [-0.2, -0.15) is 0 Å². The number of ether oxygens (including phenoxy) is 2. The monoisotopic (exact) mass is 428 g/mol. The van der Waals surface area contributed by atoms with Gasteiger partial charge in [0.15, 0.2) is 11.5 Å². The molecule has 2 aliphatic rings. The fourth-order valence-electron chi connectivity index (χ4n) is 4.55. The summed E-state index contributed by atoms with van der Waals surface area (Å²) in [6.07, 6.45) is 0.851. The van der Waals surface area contributed by atoms with Crippen molar-refractivity contribution < 1.29 is 14.3 Å². The van der Waals surface area contributed by atoms with Gasteiger partial charge in [0.2, 0.25) is 0 Å². The fraction of sp³-hybridized carbons (Fsp3) is 0.296. The average molecular weight is 429 g/mol. The molecule has 0 radical (unpaired) electrons. The average Bonchev–Trinajstić information content (AvgIpc) is 3.11. The van der Waals surface area contributed by atoms with Gasteiger partial charge < -0.3 is 14.4 Å². The predicted octanol–water partition coefficient (Wildman–Crippen LogP) is 4.40. The first kappa shape index (κ1) is 20.6. The molecule has 0 bridgehead atoms. The van der Waals surface area contributed by atoms with Crippen molar-refractivity contribution in [3.63, 3.8) is 0 Å². The third-order valence-electron chi connectivity index (χ3n) is 6.19. The molecular formula is C27H28N2O3. The van der Waals surface area contributed by atoms with Gasteiger partial charge in [0.25, 0.3) is 5.91 Å². The topological polar surface area (TPSA) is 42.0 Å². The van der Waals surface area contributed by atoms with Crippen LogP contribution in [-0.4, -0.2) is 55.1 Å². The second kappa shape index (κ2) is 9.45. The van der Waals surface area contributed by atoms with Crippen molar-refractivity contribution in [2.45, 2.75) is 12.5 Å². The van der Waals surface area contributed by atoms with E-state index in [1.807, 2.05) is 23.1 Å². The summed E-state index contributed by atoms with van der Waals surface area (Å²) in [5.41, 5.74) is 3.22. The number of piperazine rings is 1. The van der Waals surface area contributed by atoms with Crippen molar-refractivity contribution >= 4 is 5.91 Å². The third kappa shape index (κ3) is 4.34. The molecule has 1 saturated heterocycles. The van der Waals surface area contributed by atoms with Crippen molar-refractivity contribution in [3.05, 3.63) is 95.6 Å². The van der Waals surface area contributed by atoms with Crippen LogP contribution in [0, 0.1) is 0 Å². The standard InChI is InChI=1S/C27H28N2O3/c30-27(23-12-13-24-25(20-23)32-19-7-18-31-24)29-16-14-28(15-17-29)26(21-8-3-1-4-9-21)22-10-5-2-6-11-22/h1-6,8-13,20,26H,7,14-19H2. The summed E-state index contributed by atoms with van der Waals surface area (Å²) < 4.78 is 11.5. The van der Waals surface area contributed by atoms with Crippen LogP contribution in [0.3, 0.4) is 0 Å². The van der Waals surface area contributed by atoms with Crippen molar-refractivity contribution in [2.75, 3.05) is 39.4 Å². The predicted molar refractivity (Wildman–Crippen MR) is 124 cm³/mol. The smallest absolute Gasteiger partial charge is 0.254 e. The van der Waals surface area contributed by atoms with Crippen LogP contribution in [0.2, 0.25) is 0 Å². The van der Waals surface area contributed by atoms with Crippen LogP contribution in [0.1, 0.15) is 33.9 Å². The largest absolute Gasteiger partial charge is 0.490 e. The zero-order chi connectivity index (χ0) is 21.8. The van der Waals surface area contributed by atoms with E-state index in [1.165, 1.54) is 11.1 Å². The molecule has 0 spiro atoms. The maximum Gasteiger partial charge on any atom is 0.254 e. The van der Waals surface area contributed by atoms with E-state index in [9.17, 15) is 4.79 Å². The lowest BCUT2D eigenvalue weighted by molar-refractivity contribution is 0.0597. The summed E-state index contributed by atoms with van der Waals surface area (Å²) >= 11 is 0.